The summed E-state index contributed by atoms with van der Waals surface area (Å²) in [6.07, 6.45) is 0. The number of ether oxygens (including phenoxy) is 3. The Hall–Kier alpha value is -3.81. The lowest BCUT2D eigenvalue weighted by Crippen LogP contribution is -2.22. The summed E-state index contributed by atoms with van der Waals surface area (Å²) in [4.78, 5) is 36.6. The Bertz CT molecular complexity index is 1040. The molecule has 1 amide bonds. The Morgan fingerprint density at radius 1 is 0.966 bits per heavy atom. The van der Waals surface area contributed by atoms with E-state index in [2.05, 4.69) is 5.32 Å². The van der Waals surface area contributed by atoms with Gasteiger partial charge in [0, 0.05) is 5.39 Å². The average molecular weight is 397 g/mol. The van der Waals surface area contributed by atoms with Crippen LogP contribution in [0.2, 0.25) is 0 Å². The van der Waals surface area contributed by atoms with Gasteiger partial charge in [0.25, 0.3) is 5.91 Å². The number of hydrogen-bond donors (Lipinski definition) is 1. The minimum Gasteiger partial charge on any atom is -0.497 e. The third-order valence-corrected chi connectivity index (χ3v) is 3.98. The molecule has 0 bridgehead atoms. The van der Waals surface area contributed by atoms with Crippen LogP contribution in [0.3, 0.4) is 0 Å². The van der Waals surface area contributed by atoms with Gasteiger partial charge in [-0.25, -0.2) is 9.59 Å². The molecule has 0 aliphatic heterocycles. The molecule has 0 saturated carbocycles. The number of rotatable bonds is 7. The molecule has 8 heteroatoms. The molecule has 0 spiro atoms. The van der Waals surface area contributed by atoms with Gasteiger partial charge in [0.2, 0.25) is 5.76 Å². The van der Waals surface area contributed by atoms with Gasteiger partial charge in [0.1, 0.15) is 17.0 Å². The zero-order valence-corrected chi connectivity index (χ0v) is 15.9. The van der Waals surface area contributed by atoms with E-state index in [1.807, 2.05) is 0 Å². The Labute approximate surface area is 166 Å². The number of furan rings is 1. The van der Waals surface area contributed by atoms with Crippen LogP contribution in [0.25, 0.3) is 11.0 Å². The van der Waals surface area contributed by atoms with Crippen molar-refractivity contribution in [3.63, 3.8) is 0 Å². The maximum Gasteiger partial charge on any atom is 0.376 e. The van der Waals surface area contributed by atoms with E-state index in [0.717, 1.165) is 0 Å². The van der Waals surface area contributed by atoms with Crippen LogP contribution >= 0.6 is 0 Å². The zero-order chi connectivity index (χ0) is 20.8. The van der Waals surface area contributed by atoms with E-state index >= 15 is 0 Å². The number of hydrogen-bond acceptors (Lipinski definition) is 7. The predicted molar refractivity (Wildman–Crippen MR) is 104 cm³/mol. The van der Waals surface area contributed by atoms with E-state index in [4.69, 9.17) is 18.6 Å². The van der Waals surface area contributed by atoms with Crippen molar-refractivity contribution >= 4 is 34.5 Å². The van der Waals surface area contributed by atoms with Gasteiger partial charge in [-0.1, -0.05) is 12.1 Å². The van der Waals surface area contributed by atoms with Crippen LogP contribution in [0.1, 0.15) is 27.8 Å². The second-order valence-corrected chi connectivity index (χ2v) is 5.88. The number of carbonyl (C=O) groups is 3. The van der Waals surface area contributed by atoms with Crippen LogP contribution in [0.5, 0.6) is 5.75 Å². The fourth-order valence-electron chi connectivity index (χ4n) is 2.63. The van der Waals surface area contributed by atoms with E-state index in [-0.39, 0.29) is 23.6 Å². The molecular formula is C21H19NO7. The molecule has 1 heterocycles. The Balaban J connectivity index is 1.71. The van der Waals surface area contributed by atoms with E-state index in [1.165, 1.54) is 19.2 Å². The summed E-state index contributed by atoms with van der Waals surface area (Å²) < 4.78 is 20.6. The van der Waals surface area contributed by atoms with Crippen LogP contribution in [-0.2, 0) is 14.3 Å². The Kier molecular flexibility index (Phi) is 6.13. The third-order valence-electron chi connectivity index (χ3n) is 3.98. The largest absolute Gasteiger partial charge is 0.497 e. The Morgan fingerprint density at radius 3 is 2.38 bits per heavy atom. The average Bonchev–Trinajstić information content (AvgIpc) is 3.11. The number of anilines is 1. The smallest absolute Gasteiger partial charge is 0.376 e. The number of esters is 2. The van der Waals surface area contributed by atoms with Crippen molar-refractivity contribution in [3.05, 3.63) is 59.9 Å². The minimum atomic E-state index is -0.700. The molecule has 150 valence electrons. The molecule has 0 unspecified atom stereocenters. The van der Waals surface area contributed by atoms with Crippen LogP contribution in [-0.4, -0.2) is 38.2 Å². The zero-order valence-electron chi connectivity index (χ0n) is 15.9. The number of benzene rings is 2. The van der Waals surface area contributed by atoms with Crippen molar-refractivity contribution in [2.24, 2.45) is 0 Å². The lowest BCUT2D eigenvalue weighted by molar-refractivity contribution is -0.119. The normalized spacial score (nSPS) is 10.4. The predicted octanol–water partition coefficient (Wildman–Crippen LogP) is 3.41. The monoisotopic (exact) mass is 397 g/mol. The highest BCUT2D eigenvalue weighted by Gasteiger charge is 2.23. The van der Waals surface area contributed by atoms with Crippen LogP contribution in [0.4, 0.5) is 5.69 Å². The van der Waals surface area contributed by atoms with Crippen molar-refractivity contribution in [2.75, 3.05) is 25.6 Å². The number of para-hydroxylation sites is 1. The highest BCUT2D eigenvalue weighted by Crippen LogP contribution is 2.31. The van der Waals surface area contributed by atoms with E-state index in [0.29, 0.717) is 16.7 Å². The summed E-state index contributed by atoms with van der Waals surface area (Å²) in [5, 5.41) is 3.10. The van der Waals surface area contributed by atoms with E-state index in [9.17, 15) is 14.4 Å². The standard InChI is InChI=1S/C21H19NO7/c1-3-27-21(25)19-18(15-6-4-5-7-16(15)29-19)22-17(23)12-28-20(24)13-8-10-14(26-2)11-9-13/h4-11H,3,12H2,1-2H3,(H,22,23). The van der Waals surface area contributed by atoms with Gasteiger partial charge in [-0.15, -0.1) is 0 Å². The van der Waals surface area contributed by atoms with Crippen molar-refractivity contribution in [1.29, 1.82) is 0 Å². The Morgan fingerprint density at radius 2 is 1.69 bits per heavy atom. The molecule has 3 rings (SSSR count). The van der Waals surface area contributed by atoms with Crippen LogP contribution < -0.4 is 10.1 Å². The molecule has 0 aliphatic carbocycles. The molecule has 1 N–H and O–H groups in total. The van der Waals surface area contributed by atoms with Crippen molar-refractivity contribution < 1.29 is 33.0 Å². The SMILES string of the molecule is CCOC(=O)c1oc2ccccc2c1NC(=O)COC(=O)c1ccc(OC)cc1. The molecule has 2 aromatic carbocycles. The minimum absolute atomic E-state index is 0.122. The summed E-state index contributed by atoms with van der Waals surface area (Å²) >= 11 is 0. The quantitative estimate of drug-likeness (QED) is 0.609. The van der Waals surface area contributed by atoms with Gasteiger partial charge in [-0.3, -0.25) is 4.79 Å². The first-order valence-electron chi connectivity index (χ1n) is 8.83. The van der Waals surface area contributed by atoms with Crippen LogP contribution in [0, 0.1) is 0 Å². The van der Waals surface area contributed by atoms with Crippen LogP contribution in [0.15, 0.2) is 52.9 Å². The number of amides is 1. The van der Waals surface area contributed by atoms with E-state index in [1.54, 1.807) is 43.3 Å². The molecule has 1 aromatic heterocycles. The molecule has 0 atom stereocenters. The van der Waals surface area contributed by atoms with Gasteiger partial charge in [-0.05, 0) is 43.3 Å². The number of fused-ring (bicyclic) bond motifs is 1. The lowest BCUT2D eigenvalue weighted by atomic mass is 10.2. The number of nitrogens with one attached hydrogen (secondary N) is 1. The highest BCUT2D eigenvalue weighted by molar-refractivity contribution is 6.10. The first-order valence-corrected chi connectivity index (χ1v) is 8.83. The molecule has 29 heavy (non-hydrogen) atoms. The number of carbonyl (C=O) groups excluding carboxylic acids is 3. The second kappa shape index (κ2) is 8.92. The lowest BCUT2D eigenvalue weighted by Gasteiger charge is -2.07. The first-order chi connectivity index (χ1) is 14.0. The first kappa shape index (κ1) is 19.9. The van der Waals surface area contributed by atoms with Crippen molar-refractivity contribution in [3.8, 4) is 5.75 Å². The number of methoxy groups -OCH3 is 1. The van der Waals surface area contributed by atoms with Gasteiger partial charge in [-0.2, -0.15) is 0 Å². The fraction of sp³-hybridized carbons (Fsp3) is 0.190. The molecule has 0 saturated heterocycles. The fourth-order valence-corrected chi connectivity index (χ4v) is 2.63. The second-order valence-electron chi connectivity index (χ2n) is 5.88. The van der Waals surface area contributed by atoms with Gasteiger partial charge in [0.15, 0.2) is 6.61 Å². The molecule has 0 radical (unpaired) electrons. The molecule has 8 nitrogen and oxygen atoms in total. The summed E-state index contributed by atoms with van der Waals surface area (Å²) in [7, 11) is 1.52. The molecule has 0 fully saturated rings. The summed E-state index contributed by atoms with van der Waals surface area (Å²) in [6, 6.07) is 13.1. The van der Waals surface area contributed by atoms with E-state index < -0.39 is 24.5 Å². The summed E-state index contributed by atoms with van der Waals surface area (Å²) in [5.74, 6) is -1.51. The van der Waals surface area contributed by atoms with Crippen molar-refractivity contribution in [1.82, 2.24) is 0 Å². The van der Waals surface area contributed by atoms with Gasteiger partial charge in [0.05, 0.1) is 19.3 Å². The maximum atomic E-state index is 12.3. The summed E-state index contributed by atoms with van der Waals surface area (Å²) in [6.45, 7) is 1.28. The molecular weight excluding hydrogens is 378 g/mol. The molecule has 3 aromatic rings. The molecule has 0 aliphatic rings. The third kappa shape index (κ3) is 4.55. The maximum absolute atomic E-state index is 12.3. The van der Waals surface area contributed by atoms with Gasteiger partial charge >= 0.3 is 11.9 Å². The summed E-state index contributed by atoms with van der Waals surface area (Å²) in [5.41, 5.74) is 0.866. The van der Waals surface area contributed by atoms with Gasteiger partial charge < -0.3 is 23.9 Å². The highest BCUT2D eigenvalue weighted by atomic mass is 16.5. The van der Waals surface area contributed by atoms with Crippen molar-refractivity contribution in [2.45, 2.75) is 6.92 Å². The topological polar surface area (TPSA) is 104 Å².